The standard InChI is InChI=1S/C19H21N3O4/c23-18-6-5-14-3-1-2-4-16(14)17(18)11-20-22-13-15(26-19(22)24)12-21-7-9-25-10-8-21/h1-6,11,15,23H,7-10,12-13H2/b20-11+/i12D2,13D2,15D. The molecule has 2 saturated heterocycles. The zero-order chi connectivity index (χ0) is 22.4. The minimum absolute atomic E-state index is 0.119. The van der Waals surface area contributed by atoms with Crippen LogP contribution in [0.5, 0.6) is 5.75 Å². The molecular weight excluding hydrogens is 334 g/mol. The van der Waals surface area contributed by atoms with Crippen LogP contribution >= 0.6 is 0 Å². The highest BCUT2D eigenvalue weighted by Crippen LogP contribution is 2.26. The predicted molar refractivity (Wildman–Crippen MR) is 97.4 cm³/mol. The average Bonchev–Trinajstić information content (AvgIpc) is 2.93. The molecule has 2 aliphatic rings. The van der Waals surface area contributed by atoms with Crippen molar-refractivity contribution in [3.8, 4) is 5.75 Å². The fourth-order valence-electron chi connectivity index (χ4n) is 2.77. The second-order valence-electron chi connectivity index (χ2n) is 5.80. The molecule has 4 rings (SSSR count). The molecule has 1 unspecified atom stereocenters. The largest absolute Gasteiger partial charge is 0.507 e. The van der Waals surface area contributed by atoms with Crippen LogP contribution in [0.25, 0.3) is 10.8 Å². The van der Waals surface area contributed by atoms with E-state index in [4.69, 9.17) is 16.3 Å². The summed E-state index contributed by atoms with van der Waals surface area (Å²) in [6.45, 7) is -4.92. The van der Waals surface area contributed by atoms with E-state index in [0.717, 1.165) is 11.6 Å². The lowest BCUT2D eigenvalue weighted by atomic mass is 10.0. The van der Waals surface area contributed by atoms with Gasteiger partial charge in [-0.25, -0.2) is 4.79 Å². The van der Waals surface area contributed by atoms with Crippen LogP contribution in [0.3, 0.4) is 0 Å². The smallest absolute Gasteiger partial charge is 0.430 e. The van der Waals surface area contributed by atoms with Gasteiger partial charge >= 0.3 is 6.09 Å². The van der Waals surface area contributed by atoms with Crippen LogP contribution < -0.4 is 0 Å². The van der Waals surface area contributed by atoms with Crippen molar-refractivity contribution >= 4 is 23.1 Å². The van der Waals surface area contributed by atoms with Gasteiger partial charge in [0.05, 0.1) is 30.0 Å². The lowest BCUT2D eigenvalue weighted by Gasteiger charge is -2.27. The summed E-state index contributed by atoms with van der Waals surface area (Å²) in [5.74, 6) is -0.128. The fraction of sp³-hybridized carbons (Fsp3) is 0.368. The van der Waals surface area contributed by atoms with Crippen LogP contribution in [-0.2, 0) is 9.47 Å². The molecule has 2 aromatic carbocycles. The monoisotopic (exact) mass is 360 g/mol. The Hall–Kier alpha value is -2.64. The Morgan fingerprint density at radius 1 is 1.35 bits per heavy atom. The molecule has 7 nitrogen and oxygen atoms in total. The third-order valence-electron chi connectivity index (χ3n) is 4.09. The topological polar surface area (TPSA) is 74.6 Å². The summed E-state index contributed by atoms with van der Waals surface area (Å²) in [5, 5.41) is 15.8. The molecule has 1 amide bonds. The molecule has 2 aliphatic heterocycles. The summed E-state index contributed by atoms with van der Waals surface area (Å²) in [6, 6.07) is 10.3. The number of hydrogen-bond donors (Lipinski definition) is 1. The summed E-state index contributed by atoms with van der Waals surface area (Å²) in [4.78, 5) is 13.7. The van der Waals surface area contributed by atoms with Gasteiger partial charge in [-0.15, -0.1) is 0 Å². The van der Waals surface area contributed by atoms with Gasteiger partial charge in [-0.3, -0.25) is 4.90 Å². The van der Waals surface area contributed by atoms with E-state index in [1.165, 1.54) is 11.0 Å². The normalized spacial score (nSPS) is 29.8. The van der Waals surface area contributed by atoms with Crippen molar-refractivity contribution < 1.29 is 26.2 Å². The third kappa shape index (κ3) is 3.49. The number of benzene rings is 2. The maximum atomic E-state index is 12.5. The number of nitrogens with zero attached hydrogens (tertiary/aromatic N) is 3. The molecule has 1 N–H and O–H groups in total. The molecule has 2 aromatic rings. The summed E-state index contributed by atoms with van der Waals surface area (Å²) in [7, 11) is 0. The van der Waals surface area contributed by atoms with E-state index < -0.39 is 25.2 Å². The van der Waals surface area contributed by atoms with Crippen molar-refractivity contribution in [1.82, 2.24) is 9.91 Å². The number of hydrogen-bond acceptors (Lipinski definition) is 6. The van der Waals surface area contributed by atoms with Crippen LogP contribution in [0, 0.1) is 0 Å². The first-order valence-electron chi connectivity index (χ1n) is 10.7. The van der Waals surface area contributed by atoms with E-state index in [-0.39, 0.29) is 37.6 Å². The number of ether oxygens (including phenoxy) is 2. The van der Waals surface area contributed by atoms with Gasteiger partial charge in [0, 0.05) is 27.9 Å². The maximum absolute atomic E-state index is 12.5. The number of phenolic OH excluding ortho intramolecular Hbond substituents is 1. The Kier molecular flexibility index (Phi) is 3.34. The number of amides is 1. The van der Waals surface area contributed by atoms with E-state index in [1.54, 1.807) is 18.2 Å². The van der Waals surface area contributed by atoms with Crippen LogP contribution in [0.4, 0.5) is 4.79 Å². The second kappa shape index (κ2) is 7.31. The van der Waals surface area contributed by atoms with Crippen molar-refractivity contribution in [2.45, 2.75) is 6.08 Å². The number of morpholine rings is 1. The summed E-state index contributed by atoms with van der Waals surface area (Å²) in [6.07, 6.45) is -3.10. The Labute approximate surface area is 158 Å². The van der Waals surface area contributed by atoms with Crippen molar-refractivity contribution in [1.29, 1.82) is 0 Å². The number of fused-ring (bicyclic) bond motifs is 1. The number of hydrazone groups is 1. The van der Waals surface area contributed by atoms with E-state index in [1.807, 2.05) is 12.1 Å². The van der Waals surface area contributed by atoms with Crippen molar-refractivity contribution in [3.63, 3.8) is 0 Å². The molecule has 0 saturated carbocycles. The number of cyclic esters (lactones) is 1. The number of aromatic hydroxyl groups is 1. The summed E-state index contributed by atoms with van der Waals surface area (Å²) >= 11 is 0. The highest BCUT2D eigenvalue weighted by Gasteiger charge is 2.32. The van der Waals surface area contributed by atoms with Gasteiger partial charge in [-0.05, 0) is 16.8 Å². The molecule has 26 heavy (non-hydrogen) atoms. The quantitative estimate of drug-likeness (QED) is 0.845. The van der Waals surface area contributed by atoms with E-state index >= 15 is 0 Å². The molecule has 0 aromatic heterocycles. The number of carbonyl (C=O) groups excluding carboxylic acids is 1. The predicted octanol–water partition coefficient (Wildman–Crippen LogP) is 2.03. The van der Waals surface area contributed by atoms with Gasteiger partial charge in [0.25, 0.3) is 0 Å². The van der Waals surface area contributed by atoms with Crippen molar-refractivity contribution in [2.75, 3.05) is 39.3 Å². The zero-order valence-electron chi connectivity index (χ0n) is 18.9. The fourth-order valence-corrected chi connectivity index (χ4v) is 2.77. The molecule has 7 heteroatoms. The Morgan fingerprint density at radius 2 is 2.15 bits per heavy atom. The average molecular weight is 360 g/mol. The van der Waals surface area contributed by atoms with Gasteiger partial charge in [-0.1, -0.05) is 30.3 Å². The number of carbonyl (C=O) groups is 1. The SMILES string of the molecule is [2H]C([2H])(N1CCOCC1)C1([2H])OC(=O)N(/N=C/c2c(O)ccc3ccccc23)C1([2H])[2H]. The van der Waals surface area contributed by atoms with E-state index in [9.17, 15) is 9.90 Å². The van der Waals surface area contributed by atoms with Gasteiger partial charge in [0.2, 0.25) is 0 Å². The van der Waals surface area contributed by atoms with Crippen LogP contribution in [0.15, 0.2) is 41.5 Å². The Balaban J connectivity index is 1.69. The molecular formula is C19H21N3O4. The zero-order valence-corrected chi connectivity index (χ0v) is 13.9. The van der Waals surface area contributed by atoms with Crippen LogP contribution in [0.1, 0.15) is 12.4 Å². The minimum Gasteiger partial charge on any atom is -0.507 e. The molecule has 2 fully saturated rings. The lowest BCUT2D eigenvalue weighted by Crippen LogP contribution is -2.41. The number of rotatable bonds is 4. The van der Waals surface area contributed by atoms with Crippen molar-refractivity contribution in [3.05, 3.63) is 42.0 Å². The molecule has 0 spiro atoms. The van der Waals surface area contributed by atoms with E-state index in [2.05, 4.69) is 5.10 Å². The van der Waals surface area contributed by atoms with Gasteiger partial charge < -0.3 is 14.6 Å². The van der Waals surface area contributed by atoms with Crippen molar-refractivity contribution in [2.24, 2.45) is 5.10 Å². The van der Waals surface area contributed by atoms with Crippen LogP contribution in [0.2, 0.25) is 0 Å². The molecule has 136 valence electrons. The molecule has 0 aliphatic carbocycles. The van der Waals surface area contributed by atoms with Gasteiger partial charge in [0.15, 0.2) is 0 Å². The third-order valence-corrected chi connectivity index (χ3v) is 4.09. The first kappa shape index (κ1) is 11.9. The van der Waals surface area contributed by atoms with E-state index in [0.29, 0.717) is 10.4 Å². The first-order chi connectivity index (χ1) is 14.6. The van der Waals surface area contributed by atoms with Gasteiger partial charge in [0.1, 0.15) is 11.8 Å². The lowest BCUT2D eigenvalue weighted by molar-refractivity contribution is 0.0188. The first-order valence-corrected chi connectivity index (χ1v) is 8.20. The number of phenols is 1. The van der Waals surface area contributed by atoms with Gasteiger partial charge in [-0.2, -0.15) is 10.1 Å². The highest BCUT2D eigenvalue weighted by atomic mass is 16.6. The Bertz CT molecular complexity index is 1040. The summed E-state index contributed by atoms with van der Waals surface area (Å²) < 4.78 is 52.2. The second-order valence-corrected chi connectivity index (χ2v) is 5.80. The maximum Gasteiger partial charge on any atom is 0.430 e. The highest BCUT2D eigenvalue weighted by molar-refractivity contribution is 6.02. The molecule has 1 atom stereocenters. The minimum atomic E-state index is -2.94. The Morgan fingerprint density at radius 3 is 3.00 bits per heavy atom. The molecule has 0 bridgehead atoms. The molecule has 2 heterocycles. The van der Waals surface area contributed by atoms with Crippen LogP contribution in [-0.4, -0.2) is 72.7 Å². The summed E-state index contributed by atoms with van der Waals surface area (Å²) in [5.41, 5.74) is 0.250. The molecule has 0 radical (unpaired) electrons.